The number of fused-ring (bicyclic) bond motifs is 1. The Bertz CT molecular complexity index is 1050. The molecule has 7 heteroatoms. The number of amides is 1. The third kappa shape index (κ3) is 5.37. The van der Waals surface area contributed by atoms with E-state index in [4.69, 9.17) is 9.72 Å². The number of hydrogen-bond donors (Lipinski definition) is 0. The molecular weight excluding hydrogens is 402 g/mol. The minimum Gasteiger partial charge on any atom is -0.365 e. The number of aromatic nitrogens is 1. The van der Waals surface area contributed by atoms with Gasteiger partial charge in [-0.15, -0.1) is 0 Å². The lowest BCUT2D eigenvalue weighted by molar-refractivity contribution is -0.130. The fraction of sp³-hybridized carbons (Fsp3) is 0.480. The summed E-state index contributed by atoms with van der Waals surface area (Å²) in [7, 11) is 0. The third-order valence-electron chi connectivity index (χ3n) is 6.23. The number of carbonyl (C=O) groups is 1. The number of para-hydroxylation sites is 1. The summed E-state index contributed by atoms with van der Waals surface area (Å²) in [5, 5.41) is 10.4. The molecule has 1 aromatic heterocycles. The first kappa shape index (κ1) is 22.1. The van der Waals surface area contributed by atoms with Gasteiger partial charge in [0.05, 0.1) is 29.8 Å². The van der Waals surface area contributed by atoms with E-state index in [1.54, 1.807) is 6.92 Å². The van der Waals surface area contributed by atoms with Gasteiger partial charge in [-0.05, 0) is 25.0 Å². The molecule has 0 unspecified atom stereocenters. The van der Waals surface area contributed by atoms with Crippen LogP contribution in [0, 0.1) is 23.2 Å². The first-order valence-corrected chi connectivity index (χ1v) is 11.2. The SMILES string of the molecule is CC(=O)N1CCN(CC#CCOC2CCN(c3cc(C#N)c4ccccc4n3)CC2)CC1. The zero-order valence-electron chi connectivity index (χ0n) is 18.6. The lowest BCUT2D eigenvalue weighted by atomic mass is 10.1. The van der Waals surface area contributed by atoms with Crippen molar-refractivity contribution in [2.24, 2.45) is 0 Å². The number of nitrogens with zero attached hydrogens (tertiary/aromatic N) is 5. The van der Waals surface area contributed by atoms with Crippen molar-refractivity contribution in [3.8, 4) is 17.9 Å². The maximum absolute atomic E-state index is 11.4. The minimum absolute atomic E-state index is 0.150. The summed E-state index contributed by atoms with van der Waals surface area (Å²) in [5.74, 6) is 7.35. The molecule has 0 aliphatic carbocycles. The molecule has 3 heterocycles. The second-order valence-electron chi connectivity index (χ2n) is 8.29. The first-order chi connectivity index (χ1) is 15.6. The van der Waals surface area contributed by atoms with Crippen LogP contribution in [0.25, 0.3) is 10.9 Å². The number of piperazine rings is 1. The fourth-order valence-electron chi connectivity index (χ4n) is 4.27. The van der Waals surface area contributed by atoms with Gasteiger partial charge in [-0.1, -0.05) is 30.0 Å². The second kappa shape index (κ2) is 10.5. The van der Waals surface area contributed by atoms with Gasteiger partial charge in [0.1, 0.15) is 12.4 Å². The largest absolute Gasteiger partial charge is 0.365 e. The van der Waals surface area contributed by atoms with E-state index in [-0.39, 0.29) is 12.0 Å². The summed E-state index contributed by atoms with van der Waals surface area (Å²) in [4.78, 5) is 22.5. The molecule has 1 aromatic carbocycles. The summed E-state index contributed by atoms with van der Waals surface area (Å²) in [5.41, 5.74) is 1.53. The first-order valence-electron chi connectivity index (χ1n) is 11.2. The van der Waals surface area contributed by atoms with Crippen LogP contribution in [0.4, 0.5) is 5.82 Å². The quantitative estimate of drug-likeness (QED) is 0.692. The van der Waals surface area contributed by atoms with Crippen molar-refractivity contribution in [3.63, 3.8) is 0 Å². The summed E-state index contributed by atoms with van der Waals surface area (Å²) < 4.78 is 5.98. The predicted molar refractivity (Wildman–Crippen MR) is 124 cm³/mol. The van der Waals surface area contributed by atoms with Crippen LogP contribution in [-0.4, -0.2) is 79.2 Å². The molecule has 2 saturated heterocycles. The van der Waals surface area contributed by atoms with Crippen molar-refractivity contribution in [2.75, 3.05) is 57.3 Å². The van der Waals surface area contributed by atoms with Crippen LogP contribution >= 0.6 is 0 Å². The molecule has 166 valence electrons. The van der Waals surface area contributed by atoms with Gasteiger partial charge in [-0.2, -0.15) is 5.26 Å². The molecule has 2 fully saturated rings. The highest BCUT2D eigenvalue weighted by Gasteiger charge is 2.21. The van der Waals surface area contributed by atoms with E-state index in [0.717, 1.165) is 75.4 Å². The van der Waals surface area contributed by atoms with Gasteiger partial charge in [0, 0.05) is 51.6 Å². The van der Waals surface area contributed by atoms with E-state index in [9.17, 15) is 10.1 Å². The van der Waals surface area contributed by atoms with Crippen LogP contribution in [0.15, 0.2) is 30.3 Å². The Balaban J connectivity index is 1.21. The van der Waals surface area contributed by atoms with Crippen LogP contribution in [0.5, 0.6) is 0 Å². The average molecular weight is 432 g/mol. The molecule has 2 aliphatic heterocycles. The number of piperidine rings is 1. The lowest BCUT2D eigenvalue weighted by Gasteiger charge is -2.33. The van der Waals surface area contributed by atoms with Gasteiger partial charge in [-0.25, -0.2) is 4.98 Å². The maximum Gasteiger partial charge on any atom is 0.219 e. The van der Waals surface area contributed by atoms with Crippen molar-refractivity contribution < 1.29 is 9.53 Å². The Labute approximate surface area is 189 Å². The van der Waals surface area contributed by atoms with Crippen molar-refractivity contribution in [3.05, 3.63) is 35.9 Å². The molecule has 0 radical (unpaired) electrons. The van der Waals surface area contributed by atoms with Crippen molar-refractivity contribution in [2.45, 2.75) is 25.9 Å². The molecule has 2 aliphatic rings. The van der Waals surface area contributed by atoms with E-state index in [0.29, 0.717) is 12.2 Å². The molecule has 7 nitrogen and oxygen atoms in total. The molecule has 0 N–H and O–H groups in total. The number of hydrogen-bond acceptors (Lipinski definition) is 6. The number of carbonyl (C=O) groups excluding carboxylic acids is 1. The summed E-state index contributed by atoms with van der Waals surface area (Å²) in [6.07, 6.45) is 2.05. The smallest absolute Gasteiger partial charge is 0.219 e. The van der Waals surface area contributed by atoms with E-state index in [1.807, 2.05) is 35.2 Å². The molecule has 0 atom stereocenters. The zero-order valence-corrected chi connectivity index (χ0v) is 18.6. The number of anilines is 1. The van der Waals surface area contributed by atoms with E-state index in [2.05, 4.69) is 27.7 Å². The molecule has 2 aromatic rings. The Morgan fingerprint density at radius 2 is 1.88 bits per heavy atom. The van der Waals surface area contributed by atoms with Crippen LogP contribution in [0.1, 0.15) is 25.3 Å². The standard InChI is InChI=1S/C25H29N5O2/c1-20(31)29-15-13-28(14-16-29)10-4-5-17-32-22-8-11-30(12-9-22)25-18-21(19-26)23-6-2-3-7-24(23)27-25/h2-3,6-7,18,22H,8-17H2,1H3. The Hall–Kier alpha value is -3.13. The van der Waals surface area contributed by atoms with Gasteiger partial charge in [0.15, 0.2) is 0 Å². The number of benzene rings is 1. The summed E-state index contributed by atoms with van der Waals surface area (Å²) in [6, 6.07) is 12.0. The van der Waals surface area contributed by atoms with Gasteiger partial charge in [-0.3, -0.25) is 9.69 Å². The van der Waals surface area contributed by atoms with Gasteiger partial charge < -0.3 is 14.5 Å². The van der Waals surface area contributed by atoms with Crippen LogP contribution in [0.3, 0.4) is 0 Å². The topological polar surface area (TPSA) is 72.7 Å². The van der Waals surface area contributed by atoms with Crippen LogP contribution in [0.2, 0.25) is 0 Å². The maximum atomic E-state index is 11.4. The van der Waals surface area contributed by atoms with E-state index in [1.165, 1.54) is 0 Å². The highest BCUT2D eigenvalue weighted by atomic mass is 16.5. The number of ether oxygens (including phenoxy) is 1. The monoisotopic (exact) mass is 431 g/mol. The molecule has 0 saturated carbocycles. The van der Waals surface area contributed by atoms with Gasteiger partial charge in [0.25, 0.3) is 0 Å². The fourth-order valence-corrected chi connectivity index (χ4v) is 4.27. The molecule has 4 rings (SSSR count). The van der Waals surface area contributed by atoms with Crippen LogP contribution in [-0.2, 0) is 9.53 Å². The lowest BCUT2D eigenvalue weighted by Crippen LogP contribution is -2.47. The van der Waals surface area contributed by atoms with Crippen molar-refractivity contribution in [1.82, 2.24) is 14.8 Å². The summed E-state index contributed by atoms with van der Waals surface area (Å²) >= 11 is 0. The highest BCUT2D eigenvalue weighted by Crippen LogP contribution is 2.25. The average Bonchev–Trinajstić information content (AvgIpc) is 2.83. The minimum atomic E-state index is 0.150. The Morgan fingerprint density at radius 3 is 2.59 bits per heavy atom. The number of nitriles is 1. The zero-order chi connectivity index (χ0) is 22.3. The number of pyridine rings is 1. The second-order valence-corrected chi connectivity index (χ2v) is 8.29. The highest BCUT2D eigenvalue weighted by molar-refractivity contribution is 5.86. The van der Waals surface area contributed by atoms with Crippen molar-refractivity contribution >= 4 is 22.6 Å². The normalized spacial score (nSPS) is 17.6. The van der Waals surface area contributed by atoms with Gasteiger partial charge in [0.2, 0.25) is 5.91 Å². The molecule has 1 amide bonds. The Morgan fingerprint density at radius 1 is 1.12 bits per heavy atom. The number of rotatable bonds is 4. The molecule has 0 spiro atoms. The molecular formula is C25H29N5O2. The van der Waals surface area contributed by atoms with Crippen LogP contribution < -0.4 is 4.90 Å². The van der Waals surface area contributed by atoms with E-state index < -0.39 is 0 Å². The van der Waals surface area contributed by atoms with Crippen molar-refractivity contribution in [1.29, 1.82) is 5.26 Å². The Kier molecular flexibility index (Phi) is 7.21. The third-order valence-corrected chi connectivity index (χ3v) is 6.23. The van der Waals surface area contributed by atoms with E-state index >= 15 is 0 Å². The summed E-state index contributed by atoms with van der Waals surface area (Å²) in [6.45, 7) is 7.84. The van der Waals surface area contributed by atoms with Gasteiger partial charge >= 0.3 is 0 Å². The predicted octanol–water partition coefficient (Wildman–Crippen LogP) is 2.26. The molecule has 32 heavy (non-hydrogen) atoms. The molecule has 0 bridgehead atoms.